The number of rotatable bonds is 3. The third-order valence-electron chi connectivity index (χ3n) is 8.14. The van der Waals surface area contributed by atoms with E-state index < -0.39 is 0 Å². The van der Waals surface area contributed by atoms with Crippen molar-refractivity contribution >= 4 is 43.6 Å². The lowest BCUT2D eigenvalue weighted by molar-refractivity contribution is 1.02. The molecule has 8 rings (SSSR count). The zero-order valence-electron chi connectivity index (χ0n) is 21.7. The molecule has 0 atom stereocenters. The van der Waals surface area contributed by atoms with Crippen LogP contribution in [-0.4, -0.2) is 9.13 Å². The smallest absolute Gasteiger partial charge is 0.0548 e. The third kappa shape index (κ3) is 3.35. The van der Waals surface area contributed by atoms with Crippen molar-refractivity contribution < 1.29 is 0 Å². The Bertz CT molecular complexity index is 2160. The Balaban J connectivity index is 1.33. The van der Waals surface area contributed by atoms with E-state index >= 15 is 0 Å². The van der Waals surface area contributed by atoms with Crippen molar-refractivity contribution in [1.29, 1.82) is 0 Å². The predicted molar refractivity (Wildman–Crippen MR) is 166 cm³/mol. The van der Waals surface area contributed by atoms with Gasteiger partial charge in [-0.1, -0.05) is 103 Å². The predicted octanol–water partition coefficient (Wildman–Crippen LogP) is 9.76. The SMILES string of the molecule is Cn1c2ccccc2c2cc3c(cc21)c1ccccc1n3-c1cccc(-c2ccc(-c3ccccc3)cc2)c1. The fraction of sp³-hybridized carbons (Fsp3) is 0.0270. The zero-order chi connectivity index (χ0) is 25.9. The van der Waals surface area contributed by atoms with Gasteiger partial charge < -0.3 is 9.13 Å². The number of nitrogens with zero attached hydrogens (tertiary/aromatic N) is 2. The molecule has 39 heavy (non-hydrogen) atoms. The molecule has 0 aliphatic carbocycles. The molecular formula is C37H26N2. The lowest BCUT2D eigenvalue weighted by atomic mass is 10.00. The van der Waals surface area contributed by atoms with Crippen LogP contribution in [-0.2, 0) is 7.05 Å². The Morgan fingerprint density at radius 3 is 1.67 bits per heavy atom. The second-order valence-corrected chi connectivity index (χ2v) is 10.3. The van der Waals surface area contributed by atoms with E-state index in [2.05, 4.69) is 156 Å². The summed E-state index contributed by atoms with van der Waals surface area (Å²) in [5.41, 5.74) is 11.1. The Kier molecular flexibility index (Phi) is 4.77. The number of aryl methyl sites for hydroxylation is 1. The molecule has 0 saturated carbocycles. The van der Waals surface area contributed by atoms with Crippen LogP contribution in [0.3, 0.4) is 0 Å². The molecule has 0 saturated heterocycles. The normalized spacial score (nSPS) is 11.7. The highest BCUT2D eigenvalue weighted by atomic mass is 15.0. The van der Waals surface area contributed by atoms with Crippen molar-refractivity contribution in [3.63, 3.8) is 0 Å². The van der Waals surface area contributed by atoms with Crippen LogP contribution in [0.2, 0.25) is 0 Å². The van der Waals surface area contributed by atoms with Gasteiger partial charge in [0.15, 0.2) is 0 Å². The standard InChI is InChI=1S/C37H26N2/c1-38-34-16-7-5-14-30(34)32-24-37-33(23-36(32)38)31-15-6-8-17-35(31)39(37)29-13-9-12-28(22-29)27-20-18-26(19-21-27)25-10-3-2-4-11-25/h2-24H,1H3. The van der Waals surface area contributed by atoms with Crippen LogP contribution >= 0.6 is 0 Å². The first-order chi connectivity index (χ1) is 19.3. The van der Waals surface area contributed by atoms with E-state index in [4.69, 9.17) is 0 Å². The van der Waals surface area contributed by atoms with E-state index in [9.17, 15) is 0 Å². The van der Waals surface area contributed by atoms with Crippen molar-refractivity contribution in [2.45, 2.75) is 0 Å². The van der Waals surface area contributed by atoms with E-state index in [1.54, 1.807) is 0 Å². The van der Waals surface area contributed by atoms with Gasteiger partial charge in [-0.15, -0.1) is 0 Å². The number of fused-ring (bicyclic) bond motifs is 6. The van der Waals surface area contributed by atoms with E-state index in [1.807, 2.05) is 0 Å². The maximum absolute atomic E-state index is 2.42. The summed E-state index contributed by atoms with van der Waals surface area (Å²) in [6.07, 6.45) is 0. The molecule has 2 heteroatoms. The van der Waals surface area contributed by atoms with Gasteiger partial charge >= 0.3 is 0 Å². The van der Waals surface area contributed by atoms with Gasteiger partial charge in [0.25, 0.3) is 0 Å². The molecule has 0 bridgehead atoms. The summed E-state index contributed by atoms with van der Waals surface area (Å²) in [6, 6.07) is 50.6. The number of benzene rings is 6. The van der Waals surface area contributed by atoms with Crippen molar-refractivity contribution in [1.82, 2.24) is 9.13 Å². The molecule has 2 nitrogen and oxygen atoms in total. The van der Waals surface area contributed by atoms with Crippen LogP contribution in [0.4, 0.5) is 0 Å². The first-order valence-electron chi connectivity index (χ1n) is 13.4. The number of aromatic nitrogens is 2. The Labute approximate surface area is 227 Å². The van der Waals surface area contributed by atoms with Crippen LogP contribution < -0.4 is 0 Å². The van der Waals surface area contributed by atoms with Crippen molar-refractivity contribution in [2.75, 3.05) is 0 Å². The molecule has 184 valence electrons. The first-order valence-corrected chi connectivity index (χ1v) is 13.4. The van der Waals surface area contributed by atoms with Gasteiger partial charge in [0.05, 0.1) is 11.0 Å². The molecular weight excluding hydrogens is 472 g/mol. The summed E-state index contributed by atoms with van der Waals surface area (Å²) in [7, 11) is 2.17. The maximum atomic E-state index is 2.42. The second kappa shape index (κ2) is 8.47. The molecule has 0 amide bonds. The molecule has 0 unspecified atom stereocenters. The molecule has 2 heterocycles. The minimum atomic E-state index is 1.17. The van der Waals surface area contributed by atoms with Gasteiger partial charge in [-0.2, -0.15) is 0 Å². The molecule has 0 fully saturated rings. The summed E-state index contributed by atoms with van der Waals surface area (Å²) in [5, 5.41) is 5.14. The fourth-order valence-electron chi connectivity index (χ4n) is 6.21. The van der Waals surface area contributed by atoms with Crippen molar-refractivity contribution in [2.24, 2.45) is 7.05 Å². The van der Waals surface area contributed by atoms with Gasteiger partial charge in [0, 0.05) is 45.3 Å². The molecule has 8 aromatic rings. The van der Waals surface area contributed by atoms with Gasteiger partial charge in [0.2, 0.25) is 0 Å². The zero-order valence-corrected chi connectivity index (χ0v) is 21.7. The van der Waals surface area contributed by atoms with E-state index in [0.717, 1.165) is 0 Å². The quantitative estimate of drug-likeness (QED) is 0.229. The fourth-order valence-corrected chi connectivity index (χ4v) is 6.21. The minimum Gasteiger partial charge on any atom is -0.344 e. The maximum Gasteiger partial charge on any atom is 0.0548 e. The highest BCUT2D eigenvalue weighted by Crippen LogP contribution is 2.38. The van der Waals surface area contributed by atoms with Gasteiger partial charge in [-0.25, -0.2) is 0 Å². The number of hydrogen-bond acceptors (Lipinski definition) is 0. The van der Waals surface area contributed by atoms with Crippen LogP contribution in [0.15, 0.2) is 140 Å². The minimum absolute atomic E-state index is 1.17. The van der Waals surface area contributed by atoms with Crippen LogP contribution in [0.25, 0.3) is 71.6 Å². The van der Waals surface area contributed by atoms with Crippen molar-refractivity contribution in [3.05, 3.63) is 140 Å². The lowest BCUT2D eigenvalue weighted by Gasteiger charge is -2.11. The largest absolute Gasteiger partial charge is 0.344 e. The second-order valence-electron chi connectivity index (χ2n) is 10.3. The Hall–Kier alpha value is -5.08. The van der Waals surface area contributed by atoms with E-state index in [0.29, 0.717) is 0 Å². The highest BCUT2D eigenvalue weighted by Gasteiger charge is 2.16. The van der Waals surface area contributed by atoms with Gasteiger partial charge in [-0.3, -0.25) is 0 Å². The van der Waals surface area contributed by atoms with Gasteiger partial charge in [0.1, 0.15) is 0 Å². The summed E-state index contributed by atoms with van der Waals surface area (Å²) < 4.78 is 4.74. The molecule has 0 radical (unpaired) electrons. The van der Waals surface area contributed by atoms with Gasteiger partial charge in [-0.05, 0) is 58.7 Å². The summed E-state index contributed by atoms with van der Waals surface area (Å²) in [6.45, 7) is 0. The molecule has 6 aromatic carbocycles. The van der Waals surface area contributed by atoms with Crippen molar-refractivity contribution in [3.8, 4) is 27.9 Å². The molecule has 0 aliphatic heterocycles. The summed E-state index contributed by atoms with van der Waals surface area (Å²) >= 11 is 0. The Morgan fingerprint density at radius 2 is 0.897 bits per heavy atom. The number of para-hydroxylation sites is 2. The van der Waals surface area contributed by atoms with Crippen LogP contribution in [0.1, 0.15) is 0 Å². The van der Waals surface area contributed by atoms with E-state index in [-0.39, 0.29) is 0 Å². The Morgan fingerprint density at radius 1 is 0.359 bits per heavy atom. The summed E-state index contributed by atoms with van der Waals surface area (Å²) in [4.78, 5) is 0. The average molecular weight is 499 g/mol. The summed E-state index contributed by atoms with van der Waals surface area (Å²) in [5.74, 6) is 0. The molecule has 0 aliphatic rings. The lowest BCUT2D eigenvalue weighted by Crippen LogP contribution is -1.94. The van der Waals surface area contributed by atoms with Crippen LogP contribution in [0, 0.1) is 0 Å². The molecule has 0 N–H and O–H groups in total. The topological polar surface area (TPSA) is 9.86 Å². The third-order valence-corrected chi connectivity index (χ3v) is 8.14. The monoisotopic (exact) mass is 498 g/mol. The first kappa shape index (κ1) is 22.0. The number of hydrogen-bond donors (Lipinski definition) is 0. The molecule has 0 spiro atoms. The van der Waals surface area contributed by atoms with E-state index in [1.165, 1.54) is 71.6 Å². The van der Waals surface area contributed by atoms with Crippen LogP contribution in [0.5, 0.6) is 0 Å². The average Bonchev–Trinajstić information content (AvgIpc) is 3.48. The highest BCUT2D eigenvalue weighted by molar-refractivity contribution is 6.18. The molecule has 2 aromatic heterocycles.